The number of carboxylic acids is 1. The summed E-state index contributed by atoms with van der Waals surface area (Å²) in [5.41, 5.74) is 0.889. The third kappa shape index (κ3) is 3.07. The van der Waals surface area contributed by atoms with Gasteiger partial charge in [0, 0.05) is 24.9 Å². The van der Waals surface area contributed by atoms with Crippen LogP contribution in [-0.2, 0) is 14.3 Å². The van der Waals surface area contributed by atoms with Gasteiger partial charge in [0.2, 0.25) is 0 Å². The van der Waals surface area contributed by atoms with Crippen molar-refractivity contribution in [2.45, 2.75) is 112 Å². The first-order chi connectivity index (χ1) is 16.1. The zero-order valence-corrected chi connectivity index (χ0v) is 23.4. The Morgan fingerprint density at radius 2 is 1.63 bits per heavy atom. The number of hydrogen-bond acceptors (Lipinski definition) is 3. The predicted octanol–water partition coefficient (Wildman–Crippen LogP) is 7.07. The quantitative estimate of drug-likeness (QED) is 0.426. The van der Waals surface area contributed by atoms with Gasteiger partial charge in [-0.15, -0.1) is 0 Å². The highest BCUT2D eigenvalue weighted by Crippen LogP contribution is 2.75. The molecule has 1 N–H and O–H groups in total. The summed E-state index contributed by atoms with van der Waals surface area (Å²) in [6, 6.07) is 0. The van der Waals surface area contributed by atoms with Crippen LogP contribution in [0.4, 0.5) is 0 Å². The highest BCUT2D eigenvalue weighted by Gasteiger charge is 2.70. The smallest absolute Gasteiger partial charge is 0.309 e. The number of hydrogen-bond donors (Lipinski definition) is 1. The van der Waals surface area contributed by atoms with Crippen LogP contribution in [0.25, 0.3) is 0 Å². The van der Waals surface area contributed by atoms with E-state index in [9.17, 15) is 14.7 Å². The van der Waals surface area contributed by atoms with E-state index in [-0.39, 0.29) is 33.2 Å². The number of ether oxygens (including phenoxy) is 1. The van der Waals surface area contributed by atoms with E-state index in [1.54, 1.807) is 0 Å². The minimum atomic E-state index is -0.652. The van der Waals surface area contributed by atoms with Gasteiger partial charge < -0.3 is 9.84 Å². The Morgan fingerprint density at radius 3 is 2.26 bits per heavy atom. The van der Waals surface area contributed by atoms with Crippen LogP contribution in [0.1, 0.15) is 106 Å². The van der Waals surface area contributed by atoms with Gasteiger partial charge in [-0.1, -0.05) is 53.2 Å². The van der Waals surface area contributed by atoms with E-state index in [0.29, 0.717) is 30.0 Å². The second-order valence-electron chi connectivity index (χ2n) is 15.1. The van der Waals surface area contributed by atoms with Gasteiger partial charge in [-0.25, -0.2) is 0 Å². The maximum Gasteiger partial charge on any atom is 0.309 e. The molecule has 0 aromatic carbocycles. The first-order valence-electron chi connectivity index (χ1n) is 14.1. The van der Waals surface area contributed by atoms with Crippen molar-refractivity contribution >= 4 is 11.8 Å². The second kappa shape index (κ2) is 7.45. The number of carboxylic acid groups (broad SMARTS) is 1. The molecule has 5 aliphatic carbocycles. The van der Waals surface area contributed by atoms with Crippen LogP contribution in [0.5, 0.6) is 0 Å². The van der Waals surface area contributed by atoms with Crippen LogP contribution < -0.4 is 0 Å². The summed E-state index contributed by atoms with van der Waals surface area (Å²) >= 11 is 0. The molecule has 9 atom stereocenters. The Hall–Kier alpha value is -1.16. The Labute approximate surface area is 212 Å². The van der Waals surface area contributed by atoms with Gasteiger partial charge in [-0.2, -0.15) is 0 Å². The average molecular weight is 485 g/mol. The highest BCUT2D eigenvalue weighted by molar-refractivity contribution is 5.85. The maximum absolute atomic E-state index is 13.0. The minimum absolute atomic E-state index is 0.0141. The number of rotatable bonds is 2. The molecule has 0 heterocycles. The van der Waals surface area contributed by atoms with Gasteiger partial charge in [-0.3, -0.25) is 9.59 Å². The lowest BCUT2D eigenvalue weighted by Gasteiger charge is -2.71. The Balaban J connectivity index is 1.65. The largest absolute Gasteiger partial charge is 0.481 e. The lowest BCUT2D eigenvalue weighted by Crippen LogP contribution is -2.67. The molecule has 0 bridgehead atoms. The Morgan fingerprint density at radius 1 is 0.971 bits per heavy atom. The summed E-state index contributed by atoms with van der Waals surface area (Å²) in [6.07, 6.45) is 11.2. The standard InChI is InChI=1S/C31H48O4/c1-26(2)22-9-12-31(7)24(29(22,5)11-10-23(26)32)21(35-8)17-19-20-18-28(4,25(33)34)14-13-27(20,3)15-16-30(19,31)6/h17,20-22,24H,9-16,18H2,1-8H3,(H,33,34)/t20-,21+,22-,24+,27+,28-,29-,30+,31+/m0/s1. The van der Waals surface area contributed by atoms with Crippen LogP contribution in [0.15, 0.2) is 11.6 Å². The summed E-state index contributed by atoms with van der Waals surface area (Å²) in [7, 11) is 1.86. The molecule has 0 aromatic heterocycles. The molecular formula is C31H48O4. The van der Waals surface area contributed by atoms with E-state index in [1.165, 1.54) is 18.4 Å². The average Bonchev–Trinajstić information content (AvgIpc) is 2.78. The normalized spacial score (nSPS) is 52.9. The van der Waals surface area contributed by atoms with Gasteiger partial charge in [0.15, 0.2) is 0 Å². The van der Waals surface area contributed by atoms with Gasteiger partial charge in [0.25, 0.3) is 0 Å². The molecule has 0 unspecified atom stereocenters. The number of ketones is 1. The van der Waals surface area contributed by atoms with E-state index in [1.807, 2.05) is 14.0 Å². The molecule has 0 radical (unpaired) electrons. The fraction of sp³-hybridized carbons (Fsp3) is 0.871. The van der Waals surface area contributed by atoms with Crippen molar-refractivity contribution < 1.29 is 19.4 Å². The van der Waals surface area contributed by atoms with Crippen molar-refractivity contribution in [3.63, 3.8) is 0 Å². The third-order valence-corrected chi connectivity index (χ3v) is 13.3. The molecule has 196 valence electrons. The molecule has 0 amide bonds. The van der Waals surface area contributed by atoms with Crippen molar-refractivity contribution in [2.24, 2.45) is 50.2 Å². The van der Waals surface area contributed by atoms with Crippen LogP contribution in [-0.4, -0.2) is 30.1 Å². The minimum Gasteiger partial charge on any atom is -0.481 e. The van der Waals surface area contributed by atoms with Crippen molar-refractivity contribution in [3.05, 3.63) is 11.6 Å². The molecule has 4 nitrogen and oxygen atoms in total. The maximum atomic E-state index is 13.0. The molecule has 5 aliphatic rings. The third-order valence-electron chi connectivity index (χ3n) is 13.3. The van der Waals surface area contributed by atoms with E-state index in [2.05, 4.69) is 47.6 Å². The first-order valence-corrected chi connectivity index (χ1v) is 14.1. The van der Waals surface area contributed by atoms with Crippen LogP contribution in [0.2, 0.25) is 0 Å². The molecule has 0 spiro atoms. The van der Waals surface area contributed by atoms with E-state index < -0.39 is 11.4 Å². The zero-order chi connectivity index (χ0) is 25.8. The molecule has 0 aromatic rings. The number of carbonyl (C=O) groups is 2. The van der Waals surface area contributed by atoms with E-state index >= 15 is 0 Å². The first kappa shape index (κ1) is 25.5. The molecule has 5 rings (SSSR count). The number of fused-ring (bicyclic) bond motifs is 7. The monoisotopic (exact) mass is 484 g/mol. The summed E-state index contributed by atoms with van der Waals surface area (Å²) < 4.78 is 6.36. The zero-order valence-electron chi connectivity index (χ0n) is 23.4. The summed E-state index contributed by atoms with van der Waals surface area (Å²) in [5.74, 6) is 0.821. The number of aliphatic carboxylic acids is 1. The van der Waals surface area contributed by atoms with Crippen molar-refractivity contribution in [3.8, 4) is 0 Å². The van der Waals surface area contributed by atoms with Crippen molar-refractivity contribution in [2.75, 3.05) is 7.11 Å². The van der Waals surface area contributed by atoms with E-state index in [0.717, 1.165) is 38.5 Å². The molecule has 4 saturated carbocycles. The predicted molar refractivity (Wildman–Crippen MR) is 138 cm³/mol. The van der Waals surface area contributed by atoms with Gasteiger partial charge in [0.1, 0.15) is 5.78 Å². The Bertz CT molecular complexity index is 980. The Kier molecular flexibility index (Phi) is 5.43. The highest BCUT2D eigenvalue weighted by atomic mass is 16.5. The van der Waals surface area contributed by atoms with E-state index in [4.69, 9.17) is 4.74 Å². The second-order valence-corrected chi connectivity index (χ2v) is 15.1. The fourth-order valence-electron chi connectivity index (χ4n) is 10.6. The molecule has 4 fully saturated rings. The molecular weight excluding hydrogens is 436 g/mol. The SMILES string of the molecule is CO[C@@H]1C=C2[C@@H]3C[C@@](C)(C(=O)O)CC[C@]3(C)CC[C@@]2(C)[C@]2(C)CC[C@H]3C(C)(C)C(=O)CC[C@]3(C)[C@@H]12. The topological polar surface area (TPSA) is 63.6 Å². The van der Waals surface area contributed by atoms with Gasteiger partial charge in [-0.05, 0) is 91.8 Å². The number of Topliss-reactive ketones (excluding diaryl/α,β-unsaturated/α-hetero) is 1. The molecule has 0 saturated heterocycles. The number of allylic oxidation sites excluding steroid dienone is 1. The van der Waals surface area contributed by atoms with Gasteiger partial charge in [0.05, 0.1) is 11.5 Å². The van der Waals surface area contributed by atoms with Crippen LogP contribution >= 0.6 is 0 Å². The van der Waals surface area contributed by atoms with Crippen molar-refractivity contribution in [1.29, 1.82) is 0 Å². The number of methoxy groups -OCH3 is 1. The molecule has 0 aliphatic heterocycles. The van der Waals surface area contributed by atoms with Crippen molar-refractivity contribution in [1.82, 2.24) is 0 Å². The lowest BCUT2D eigenvalue weighted by atomic mass is 9.33. The summed E-state index contributed by atoms with van der Waals surface area (Å²) in [4.78, 5) is 25.3. The molecule has 35 heavy (non-hydrogen) atoms. The lowest BCUT2D eigenvalue weighted by molar-refractivity contribution is -0.210. The van der Waals surface area contributed by atoms with Crippen LogP contribution in [0, 0.1) is 50.2 Å². The fourth-order valence-corrected chi connectivity index (χ4v) is 10.6. The number of carbonyl (C=O) groups excluding carboxylic acids is 1. The van der Waals surface area contributed by atoms with Gasteiger partial charge >= 0.3 is 5.97 Å². The summed E-state index contributed by atoms with van der Waals surface area (Å²) in [5, 5.41) is 10.1. The summed E-state index contributed by atoms with van der Waals surface area (Å²) in [6.45, 7) is 16.3. The molecule has 4 heteroatoms. The van der Waals surface area contributed by atoms with Crippen LogP contribution in [0.3, 0.4) is 0 Å².